The van der Waals surface area contributed by atoms with Gasteiger partial charge in [0.05, 0.1) is 17.7 Å². The fourth-order valence-corrected chi connectivity index (χ4v) is 7.10. The summed E-state index contributed by atoms with van der Waals surface area (Å²) in [6.45, 7) is 9.99. The number of nitrogens with zero attached hydrogens (tertiary/aromatic N) is 5. The minimum absolute atomic E-state index is 0.0105. The molecule has 1 aromatic heterocycles. The summed E-state index contributed by atoms with van der Waals surface area (Å²) in [7, 11) is 0. The van der Waals surface area contributed by atoms with E-state index in [4.69, 9.17) is 26.1 Å². The van der Waals surface area contributed by atoms with Crippen molar-refractivity contribution < 1.29 is 36.6 Å². The highest BCUT2D eigenvalue weighted by atomic mass is 35.5. The third-order valence-corrected chi connectivity index (χ3v) is 9.59. The van der Waals surface area contributed by atoms with Crippen molar-refractivity contribution in [2.45, 2.75) is 70.4 Å². The first-order valence-corrected chi connectivity index (χ1v) is 15.8. The molecule has 3 saturated heterocycles. The quantitative estimate of drug-likeness (QED) is 0.381. The average Bonchev–Trinajstić information content (AvgIpc) is 3.14. The summed E-state index contributed by atoms with van der Waals surface area (Å²) in [6.07, 6.45) is -4.22. The minimum Gasteiger partial charge on any atom is -0.489 e. The predicted molar refractivity (Wildman–Crippen MR) is 164 cm³/mol. The highest BCUT2D eigenvalue weighted by molar-refractivity contribution is 6.35. The van der Waals surface area contributed by atoms with Crippen LogP contribution in [0.15, 0.2) is 24.3 Å². The van der Waals surface area contributed by atoms with Crippen molar-refractivity contribution in [1.29, 1.82) is 0 Å². The van der Waals surface area contributed by atoms with Gasteiger partial charge < -0.3 is 24.2 Å². The summed E-state index contributed by atoms with van der Waals surface area (Å²) in [5, 5.41) is -0.0228. The highest BCUT2D eigenvalue weighted by Crippen LogP contribution is 2.48. The number of carbonyl (C=O) groups excluding carboxylic acids is 2. The Kier molecular flexibility index (Phi) is 8.10. The zero-order chi connectivity index (χ0) is 33.3. The van der Waals surface area contributed by atoms with E-state index in [1.807, 2.05) is 23.6 Å². The second-order valence-electron chi connectivity index (χ2n) is 14.1. The van der Waals surface area contributed by atoms with Gasteiger partial charge in [-0.3, -0.25) is 9.69 Å². The van der Waals surface area contributed by atoms with Crippen molar-refractivity contribution in [3.8, 4) is 17.0 Å². The van der Waals surface area contributed by atoms with Gasteiger partial charge in [0.2, 0.25) is 0 Å². The average molecular weight is 668 g/mol. The van der Waals surface area contributed by atoms with Gasteiger partial charge in [-0.1, -0.05) is 23.7 Å². The number of alkyl halides is 3. The number of ether oxygens (including phenoxy) is 2. The van der Waals surface area contributed by atoms with Crippen molar-refractivity contribution in [2.75, 3.05) is 50.8 Å². The van der Waals surface area contributed by atoms with Crippen LogP contribution in [0.4, 0.5) is 28.2 Å². The summed E-state index contributed by atoms with van der Waals surface area (Å²) in [5.41, 5.74) is -0.992. The zero-order valence-electron chi connectivity index (χ0n) is 26.5. The normalized spacial score (nSPS) is 23.8. The monoisotopic (exact) mass is 667 g/mol. The maximum Gasteiger partial charge on any atom is 0.410 e. The maximum atomic E-state index is 15.2. The SMILES string of the molecule is CC(C)(C)OC(=O)N1CCN2C(=O)c3c(N4CC(N5CC(C(F)(F)F)C5)CC4(C)C)nc(-c4ccccc4F)c(Cl)c3OC[C@H]2C1. The van der Waals surface area contributed by atoms with Gasteiger partial charge >= 0.3 is 12.3 Å². The van der Waals surface area contributed by atoms with E-state index in [0.29, 0.717) is 13.0 Å². The Labute approximate surface area is 270 Å². The molecule has 0 bridgehead atoms. The number of fused-ring (bicyclic) bond motifs is 2. The van der Waals surface area contributed by atoms with Crippen LogP contribution in [0.5, 0.6) is 5.75 Å². The summed E-state index contributed by atoms with van der Waals surface area (Å²) < 4.78 is 66.9. The van der Waals surface area contributed by atoms with Gasteiger partial charge in [-0.05, 0) is 53.2 Å². The van der Waals surface area contributed by atoms with E-state index in [2.05, 4.69) is 0 Å². The Balaban J connectivity index is 1.38. The molecule has 4 aliphatic rings. The Morgan fingerprint density at radius 2 is 1.76 bits per heavy atom. The lowest BCUT2D eigenvalue weighted by Gasteiger charge is -2.43. The van der Waals surface area contributed by atoms with E-state index in [9.17, 15) is 22.8 Å². The van der Waals surface area contributed by atoms with Crippen LogP contribution >= 0.6 is 11.6 Å². The molecule has 1 aromatic carbocycles. The van der Waals surface area contributed by atoms with Crippen molar-refractivity contribution in [3.63, 3.8) is 0 Å². The lowest BCUT2D eigenvalue weighted by Crippen LogP contribution is -2.58. The summed E-state index contributed by atoms with van der Waals surface area (Å²) in [5.74, 6) is -2.03. The summed E-state index contributed by atoms with van der Waals surface area (Å²) in [4.78, 5) is 39.1. The standard InChI is InChI=1S/C32H38ClF4N5O4/c1-30(2,3)46-29(44)39-10-11-41-20(15-39)17-45-26-23(28(41)43)27(38-25(24(26)33)21-8-6-7-9-22(21)34)42-16-19(12-31(42,4)5)40-13-18(14-40)32(35,36)37/h6-9,18-20H,10-17H2,1-5H3/t19?,20-/m1/s1. The number of rotatable bonds is 3. The third-order valence-electron chi connectivity index (χ3n) is 9.24. The molecule has 46 heavy (non-hydrogen) atoms. The van der Waals surface area contributed by atoms with Gasteiger partial charge in [0.25, 0.3) is 5.91 Å². The van der Waals surface area contributed by atoms with Crippen LogP contribution in [0.1, 0.15) is 51.4 Å². The second-order valence-corrected chi connectivity index (χ2v) is 14.5. The van der Waals surface area contributed by atoms with Crippen LogP contribution in [0, 0.1) is 11.7 Å². The van der Waals surface area contributed by atoms with E-state index in [-0.39, 0.29) is 78.8 Å². The molecule has 0 aliphatic carbocycles. The van der Waals surface area contributed by atoms with E-state index in [1.165, 1.54) is 12.1 Å². The fraction of sp³-hybridized carbons (Fsp3) is 0.594. The van der Waals surface area contributed by atoms with E-state index in [0.717, 1.165) is 0 Å². The van der Waals surface area contributed by atoms with Crippen LogP contribution in [0.25, 0.3) is 11.3 Å². The Morgan fingerprint density at radius 1 is 1.07 bits per heavy atom. The van der Waals surface area contributed by atoms with E-state index >= 15 is 4.39 Å². The number of amides is 2. The molecule has 14 heteroatoms. The lowest BCUT2D eigenvalue weighted by atomic mass is 9.93. The second kappa shape index (κ2) is 11.4. The molecule has 3 fully saturated rings. The molecule has 0 spiro atoms. The number of carbonyl (C=O) groups is 2. The number of benzene rings is 1. The van der Waals surface area contributed by atoms with Crippen LogP contribution in [-0.2, 0) is 4.74 Å². The molecule has 4 aliphatic heterocycles. The first kappa shape index (κ1) is 32.6. The largest absolute Gasteiger partial charge is 0.489 e. The van der Waals surface area contributed by atoms with Crippen LogP contribution in [0.2, 0.25) is 5.02 Å². The van der Waals surface area contributed by atoms with Crippen LogP contribution in [0.3, 0.4) is 0 Å². The first-order chi connectivity index (χ1) is 21.4. The molecule has 0 radical (unpaired) electrons. The number of likely N-dealkylation sites (tertiary alicyclic amines) is 1. The number of hydrogen-bond donors (Lipinski definition) is 0. The number of hydrogen-bond acceptors (Lipinski definition) is 7. The number of halogens is 5. The van der Waals surface area contributed by atoms with Crippen molar-refractivity contribution in [3.05, 3.63) is 40.7 Å². The van der Waals surface area contributed by atoms with Gasteiger partial charge in [-0.25, -0.2) is 14.2 Å². The van der Waals surface area contributed by atoms with Gasteiger partial charge in [0.15, 0.2) is 5.75 Å². The third kappa shape index (κ3) is 5.96. The Bertz CT molecular complexity index is 1540. The first-order valence-electron chi connectivity index (χ1n) is 15.4. The number of aromatic nitrogens is 1. The van der Waals surface area contributed by atoms with E-state index < -0.39 is 47.1 Å². The van der Waals surface area contributed by atoms with Crippen molar-refractivity contribution in [2.24, 2.45) is 5.92 Å². The molecule has 0 N–H and O–H groups in total. The van der Waals surface area contributed by atoms with Crippen LogP contribution < -0.4 is 9.64 Å². The van der Waals surface area contributed by atoms with Gasteiger partial charge in [0.1, 0.15) is 34.4 Å². The highest BCUT2D eigenvalue weighted by Gasteiger charge is 2.53. The Hall–Kier alpha value is -3.32. The van der Waals surface area contributed by atoms with Crippen molar-refractivity contribution in [1.82, 2.24) is 19.7 Å². The van der Waals surface area contributed by atoms with E-state index in [1.54, 1.807) is 42.7 Å². The molecular weight excluding hydrogens is 630 g/mol. The maximum absolute atomic E-state index is 15.2. The topological polar surface area (TPSA) is 78.5 Å². The predicted octanol–water partition coefficient (Wildman–Crippen LogP) is 5.85. The molecule has 9 nitrogen and oxygen atoms in total. The van der Waals surface area contributed by atoms with Crippen LogP contribution in [-0.4, -0.2) is 107 Å². The number of pyridine rings is 1. The smallest absolute Gasteiger partial charge is 0.410 e. The fourth-order valence-electron chi connectivity index (χ4n) is 6.81. The van der Waals surface area contributed by atoms with Crippen molar-refractivity contribution >= 4 is 29.4 Å². The molecule has 6 rings (SSSR count). The molecule has 2 amide bonds. The molecule has 2 aromatic rings. The number of piperazine rings is 1. The summed E-state index contributed by atoms with van der Waals surface area (Å²) in [6, 6.07) is 5.27. The molecule has 2 atom stereocenters. The molecule has 0 saturated carbocycles. The molecule has 5 heterocycles. The molecule has 250 valence electrons. The summed E-state index contributed by atoms with van der Waals surface area (Å²) >= 11 is 6.90. The molecular formula is C32H38ClF4N5O4. The van der Waals surface area contributed by atoms with Gasteiger partial charge in [-0.2, -0.15) is 13.2 Å². The zero-order valence-corrected chi connectivity index (χ0v) is 27.2. The Morgan fingerprint density at radius 3 is 2.41 bits per heavy atom. The van der Waals surface area contributed by atoms with Gasteiger partial charge in [0, 0.05) is 56.4 Å². The lowest BCUT2D eigenvalue weighted by molar-refractivity contribution is -0.213. The van der Waals surface area contributed by atoms with Gasteiger partial charge in [-0.15, -0.1) is 0 Å². The minimum atomic E-state index is -4.25. The number of anilines is 1. The molecule has 1 unspecified atom stereocenters.